The van der Waals surface area contributed by atoms with E-state index in [9.17, 15) is 52.6 Å². The predicted octanol–water partition coefficient (Wildman–Crippen LogP) is 2.18. The van der Waals surface area contributed by atoms with E-state index < -0.39 is 144 Å². The third kappa shape index (κ3) is 21.6. The molecule has 0 spiro atoms. The third-order valence-corrected chi connectivity index (χ3v) is 19.4. The van der Waals surface area contributed by atoms with Crippen molar-refractivity contribution in [3.8, 4) is 5.75 Å². The first-order valence-electron chi connectivity index (χ1n) is 33.0. The maximum atomic E-state index is 15.2. The number of halogens is 2. The molecule has 10 amide bonds. The molecule has 9 rings (SSSR count). The van der Waals surface area contributed by atoms with Crippen molar-refractivity contribution in [3.63, 3.8) is 0 Å². The third-order valence-electron chi connectivity index (χ3n) is 17.3. The molecule has 8 atom stereocenters. The molecule has 0 aliphatic carbocycles. The average Bonchev–Trinajstić information content (AvgIpc) is 1.79. The summed E-state index contributed by atoms with van der Waals surface area (Å²) >= 11 is 2.79. The number of imidazole rings is 1. The molecule has 2 aliphatic rings. The topological polar surface area (TPSA) is 440 Å². The number of nitrogens with one attached hydrogen (secondary N) is 11. The molecule has 28 nitrogen and oxygen atoms in total. The number of amides is 10. The smallest absolute Gasteiger partial charge is 0.305 e. The molecule has 5 heterocycles. The largest absolute Gasteiger partial charge is 0.508 e. The molecule has 32 heteroatoms. The van der Waals surface area contributed by atoms with Crippen molar-refractivity contribution in [1.29, 1.82) is 0 Å². The second-order valence-corrected chi connectivity index (χ2v) is 26.9. The lowest BCUT2D eigenvalue weighted by molar-refractivity contribution is -0.146. The lowest BCUT2D eigenvalue weighted by atomic mass is 9.97. The SMILES string of the molecule is NCCCC[C@@H]1NC(=O)CCSCc2cccc(c2)CSC[C@@H](C(N)=O)NC(=O)[C@@H]2CCCCN2C(=O)[C@H](Cc2ccc(O)cc2)NC(=O)[C@H](Cc2cnc[nH]2)NC(=O)[C@H](CC(=O)O)NC(=O)[C@H](Cc2c[nH]c3ccc(F)cc23)NC(=O)[C@H](Cc2c[nH]c3ccc(F)cc23)NC(=O)CNC1=O. The van der Waals surface area contributed by atoms with E-state index in [1.165, 1.54) is 108 Å². The lowest BCUT2D eigenvalue weighted by Crippen LogP contribution is -2.62. The van der Waals surface area contributed by atoms with Crippen molar-refractivity contribution in [3.05, 3.63) is 155 Å². The highest BCUT2D eigenvalue weighted by Crippen LogP contribution is 2.26. The number of carbonyl (C=O) groups excluding carboxylic acids is 10. The van der Waals surface area contributed by atoms with E-state index in [2.05, 4.69) is 62.5 Å². The number of thioether (sulfide) groups is 2. The number of primary amides is 1. The summed E-state index contributed by atoms with van der Waals surface area (Å²) in [5, 5.41) is 42.1. The van der Waals surface area contributed by atoms with Crippen LogP contribution in [-0.4, -0.2) is 180 Å². The number of hydrogen-bond donors (Lipinski definition) is 15. The van der Waals surface area contributed by atoms with Gasteiger partial charge >= 0.3 is 5.97 Å². The van der Waals surface area contributed by atoms with Gasteiger partial charge in [-0.3, -0.25) is 52.7 Å². The summed E-state index contributed by atoms with van der Waals surface area (Å²) in [6, 6.07) is 8.89. The summed E-state index contributed by atoms with van der Waals surface area (Å²) < 4.78 is 29.8. The monoisotopic (exact) mass is 1430 g/mol. The van der Waals surface area contributed by atoms with Crippen LogP contribution in [0.2, 0.25) is 0 Å². The summed E-state index contributed by atoms with van der Waals surface area (Å²) in [7, 11) is 0. The minimum Gasteiger partial charge on any atom is -0.508 e. The van der Waals surface area contributed by atoms with Gasteiger partial charge in [-0.05, 0) is 121 Å². The molecule has 7 aromatic rings. The molecular formula is C69H81F2N15O13S2. The van der Waals surface area contributed by atoms with E-state index in [1.54, 1.807) is 0 Å². The van der Waals surface area contributed by atoms with Gasteiger partial charge < -0.3 is 84.1 Å². The zero-order valence-corrected chi connectivity index (χ0v) is 56.6. The molecule has 101 heavy (non-hydrogen) atoms. The normalized spacial score (nSPS) is 22.1. The number of carboxylic acid groups (broad SMARTS) is 1. The van der Waals surface area contributed by atoms with Gasteiger partial charge in [-0.1, -0.05) is 36.4 Å². The number of nitrogens with zero attached hydrogens (tertiary/aromatic N) is 2. The predicted molar refractivity (Wildman–Crippen MR) is 372 cm³/mol. The number of fused-ring (bicyclic) bond motifs is 5. The first kappa shape index (κ1) is 74.9. The molecule has 2 aliphatic heterocycles. The fourth-order valence-corrected chi connectivity index (χ4v) is 13.9. The Bertz CT molecular complexity index is 4120. The highest BCUT2D eigenvalue weighted by atomic mass is 32.2. The van der Waals surface area contributed by atoms with Crippen molar-refractivity contribution in [1.82, 2.24) is 67.4 Å². The van der Waals surface area contributed by atoms with Crippen LogP contribution in [0.3, 0.4) is 0 Å². The molecule has 1 fully saturated rings. The van der Waals surface area contributed by atoms with Gasteiger partial charge in [-0.2, -0.15) is 23.5 Å². The second-order valence-electron chi connectivity index (χ2n) is 24.8. The molecule has 1 saturated heterocycles. The van der Waals surface area contributed by atoms with Gasteiger partial charge in [0.05, 0.1) is 19.3 Å². The number of aliphatic carboxylic acids is 1. The highest BCUT2D eigenvalue weighted by Gasteiger charge is 2.40. The van der Waals surface area contributed by atoms with E-state index >= 15 is 19.2 Å². The number of aromatic nitrogens is 4. The first-order chi connectivity index (χ1) is 48.6. The number of nitrogens with two attached hydrogens (primary N) is 2. The van der Waals surface area contributed by atoms with Crippen LogP contribution in [0.25, 0.3) is 21.8 Å². The van der Waals surface area contributed by atoms with Gasteiger partial charge in [0.1, 0.15) is 65.7 Å². The zero-order chi connectivity index (χ0) is 72.1. The van der Waals surface area contributed by atoms with E-state index in [4.69, 9.17) is 11.5 Å². The van der Waals surface area contributed by atoms with Crippen LogP contribution in [-0.2, 0) is 89.9 Å². The van der Waals surface area contributed by atoms with Crippen molar-refractivity contribution in [2.24, 2.45) is 11.5 Å². The number of piperidine rings is 1. The highest BCUT2D eigenvalue weighted by molar-refractivity contribution is 7.98. The van der Waals surface area contributed by atoms with Crippen LogP contribution in [0.1, 0.15) is 84.9 Å². The number of phenolic OH excluding ortho intramolecular Hbond substituents is 1. The van der Waals surface area contributed by atoms with Crippen molar-refractivity contribution in [2.75, 3.05) is 31.1 Å². The molecular weight excluding hydrogens is 1350 g/mol. The van der Waals surface area contributed by atoms with Gasteiger partial charge in [0.2, 0.25) is 59.1 Å². The van der Waals surface area contributed by atoms with Gasteiger partial charge in [-0.15, -0.1) is 0 Å². The quantitative estimate of drug-likeness (QED) is 0.0654. The minimum absolute atomic E-state index is 0.0105. The Labute approximate surface area is 587 Å². The number of carbonyl (C=O) groups is 11. The number of phenols is 1. The zero-order valence-electron chi connectivity index (χ0n) is 55.0. The minimum atomic E-state index is -2.04. The van der Waals surface area contributed by atoms with Gasteiger partial charge in [0.15, 0.2) is 0 Å². The van der Waals surface area contributed by atoms with Crippen LogP contribution >= 0.6 is 23.5 Å². The Morgan fingerprint density at radius 2 is 1.21 bits per heavy atom. The number of benzene rings is 4. The summed E-state index contributed by atoms with van der Waals surface area (Å²) in [6.45, 7) is -0.409. The Hall–Kier alpha value is -10.3. The molecule has 0 radical (unpaired) electrons. The van der Waals surface area contributed by atoms with Gasteiger partial charge in [0.25, 0.3) is 0 Å². The number of H-pyrrole nitrogens is 3. The van der Waals surface area contributed by atoms with E-state index in [-0.39, 0.29) is 73.2 Å². The molecule has 4 aromatic carbocycles. The van der Waals surface area contributed by atoms with Crippen LogP contribution in [0.4, 0.5) is 8.78 Å². The Morgan fingerprint density at radius 1 is 0.614 bits per heavy atom. The number of aromatic amines is 3. The molecule has 17 N–H and O–H groups in total. The molecule has 536 valence electrons. The van der Waals surface area contributed by atoms with Crippen LogP contribution < -0.4 is 54.0 Å². The number of carboxylic acids is 1. The maximum absolute atomic E-state index is 15.2. The standard InChI is InChI=1S/C69H81F2N15O13S2/c70-43-12-16-49-47(26-43)41(30-75-49)24-52-64(94)81-53(25-42-31-76-50-17-13-44(71)27-48(42)50)65(95)83-55(29-61(90)91)67(97)82-54(28-45-32-74-37-78-45)66(96)84-56(23-38-10-14-46(87)15-11-38)69(99)86-20-4-2-9-58(86)68(98)85-57(62(73)92)36-101-35-40-7-5-6-39(22-40)34-100-21-18-59(88)79-51(8-1-3-19-72)63(93)77-33-60(89)80-52/h5-7,10-17,22,26-27,30-32,37,51-58,75-76,87H,1-4,8-9,18-21,23-25,28-29,33-36,72H2,(H2,73,92)(H,74,78)(H,77,93)(H,79,88)(H,80,89)(H,81,94)(H,82,97)(H,83,95)(H,84,96)(H,85,98)(H,90,91)/t51-,52-,53-,54-,55-,56-,57-,58-/m0/s1. The van der Waals surface area contributed by atoms with E-state index in [1.807, 2.05) is 24.3 Å². The van der Waals surface area contributed by atoms with Crippen molar-refractivity contribution in [2.45, 2.75) is 137 Å². The number of rotatable bonds is 15. The van der Waals surface area contributed by atoms with Gasteiger partial charge in [0, 0.05) is 108 Å². The fourth-order valence-electron chi connectivity index (χ4n) is 12.0. The number of aromatic hydroxyl groups is 1. The molecule has 2 bridgehead atoms. The van der Waals surface area contributed by atoms with E-state index in [0.717, 1.165) is 17.2 Å². The summed E-state index contributed by atoms with van der Waals surface area (Å²) in [6.07, 6.45) is 5.13. The maximum Gasteiger partial charge on any atom is 0.305 e. The first-order valence-corrected chi connectivity index (χ1v) is 35.3. The number of hydrogen-bond acceptors (Lipinski definition) is 16. The Balaban J connectivity index is 1.06. The van der Waals surface area contributed by atoms with Crippen LogP contribution in [0.5, 0.6) is 5.75 Å². The van der Waals surface area contributed by atoms with Crippen LogP contribution in [0.15, 0.2) is 110 Å². The summed E-state index contributed by atoms with van der Waals surface area (Å²) in [5.74, 6) is -10.6. The van der Waals surface area contributed by atoms with E-state index in [0.29, 0.717) is 77.0 Å². The fraction of sp³-hybridized carbons (Fsp3) is 0.391. The van der Waals surface area contributed by atoms with Gasteiger partial charge in [-0.25, -0.2) is 13.8 Å². The average molecular weight is 1430 g/mol. The van der Waals surface area contributed by atoms with Crippen LogP contribution in [0, 0.1) is 11.6 Å². The van der Waals surface area contributed by atoms with Crippen molar-refractivity contribution >= 4 is 110 Å². The number of unbranched alkanes of at least 4 members (excludes halogenated alkanes) is 1. The Morgan fingerprint density at radius 3 is 1.82 bits per heavy atom. The second kappa shape index (κ2) is 36.1. The molecule has 3 aromatic heterocycles. The molecule has 0 unspecified atom stereocenters. The summed E-state index contributed by atoms with van der Waals surface area (Å²) in [5.41, 5.74) is 15.6. The Kier molecular flexibility index (Phi) is 26.8. The molecule has 0 saturated carbocycles. The summed E-state index contributed by atoms with van der Waals surface area (Å²) in [4.78, 5) is 171. The lowest BCUT2D eigenvalue weighted by Gasteiger charge is -2.38. The van der Waals surface area contributed by atoms with Crippen molar-refractivity contribution < 1.29 is 71.7 Å².